The fourth-order valence-electron chi connectivity index (χ4n) is 19.8. The molecule has 19 rings (SSSR count). The van der Waals surface area contributed by atoms with Gasteiger partial charge < -0.3 is 28.6 Å². The third-order valence-corrected chi connectivity index (χ3v) is 26.6. The summed E-state index contributed by atoms with van der Waals surface area (Å²) in [5, 5.41) is 4.73. The molecule has 15 aromatic rings. The van der Waals surface area contributed by atoms with Crippen LogP contribution in [0.15, 0.2) is 259 Å². The molecule has 4 aliphatic rings. The van der Waals surface area contributed by atoms with E-state index >= 15 is 0 Å². The van der Waals surface area contributed by atoms with E-state index in [2.05, 4.69) is 438 Å². The normalized spacial score (nSPS) is 14.3. The topological polar surface area (TPSA) is 31.0 Å². The number of hydrogen-bond donors (Lipinski definition) is 0. The van der Waals surface area contributed by atoms with Crippen LogP contribution in [0.25, 0.3) is 49.4 Å². The van der Waals surface area contributed by atoms with Crippen LogP contribution in [0.5, 0.6) is 0 Å². The van der Waals surface area contributed by atoms with E-state index in [9.17, 15) is 0 Å². The summed E-state index contributed by atoms with van der Waals surface area (Å²) in [6.07, 6.45) is 0.777. The van der Waals surface area contributed by atoms with Crippen molar-refractivity contribution in [1.82, 2.24) is 4.57 Å². The molecular formula is C110H113B2N5O. The molecule has 0 saturated heterocycles. The van der Waals surface area contributed by atoms with Crippen LogP contribution < -0.4 is 52.4 Å². The van der Waals surface area contributed by atoms with Crippen LogP contribution in [0.3, 0.4) is 0 Å². The molecule has 0 atom stereocenters. The minimum atomic E-state index is -0.388. The van der Waals surface area contributed by atoms with Gasteiger partial charge >= 0.3 is 0 Å². The largest absolute Gasteiger partial charge is 0.454 e. The third kappa shape index (κ3) is 12.4. The summed E-state index contributed by atoms with van der Waals surface area (Å²) in [7, 11) is 0. The number of aromatic nitrogens is 1. The molecule has 0 N–H and O–H groups in total. The SMILES string of the molecule is CC(C)(C)c1ccc(N2c3ccc(C(C)(C)C)cc3B3c4cc(C(C)(C)C)ccc4N(c4ccc(C(C)(C)C)cc4)c4cc(-n5c6ccccc6c6c(CC(C)(C)c7ccc8c(c7)B7c9cc(C(C)(C)C)ccc9N(c9ccc(C(C)(C)C)cc9)c9c7c(cc7c9oc9ccccc97)N8c7ccc(C(C)(C)C)cc7)cccc65)cc2c43)cc1. The second-order valence-corrected chi connectivity index (χ2v) is 42.5. The lowest BCUT2D eigenvalue weighted by atomic mass is 9.33. The molecule has 0 aliphatic carbocycles. The molecule has 0 amide bonds. The second kappa shape index (κ2) is 26.4. The van der Waals surface area contributed by atoms with Gasteiger partial charge in [0.15, 0.2) is 5.58 Å². The Balaban J connectivity index is 0.826. The van der Waals surface area contributed by atoms with Crippen molar-refractivity contribution in [3.05, 3.63) is 305 Å². The van der Waals surface area contributed by atoms with Crippen molar-refractivity contribution >= 4 is 158 Å². The molecule has 0 saturated carbocycles. The fraction of sp³-hybridized carbons (Fsp3) is 0.291. The Labute approximate surface area is 701 Å². The molecular weight excluding hydrogens is 1430 g/mol. The molecule has 4 aliphatic heterocycles. The van der Waals surface area contributed by atoms with E-state index < -0.39 is 0 Å². The highest BCUT2D eigenvalue weighted by molar-refractivity contribution is 7.01. The number of benzene rings is 13. The van der Waals surface area contributed by atoms with Crippen molar-refractivity contribution in [2.45, 2.75) is 209 Å². The van der Waals surface area contributed by atoms with E-state index in [-0.39, 0.29) is 56.7 Å². The summed E-state index contributed by atoms with van der Waals surface area (Å²) in [5.41, 5.74) is 37.9. The average molecular weight is 1540 g/mol. The van der Waals surface area contributed by atoms with E-state index in [1.54, 1.807) is 0 Å². The van der Waals surface area contributed by atoms with Crippen molar-refractivity contribution in [2.24, 2.45) is 0 Å². The predicted octanol–water partition coefficient (Wildman–Crippen LogP) is 26.5. The summed E-state index contributed by atoms with van der Waals surface area (Å²) < 4.78 is 9.97. The Bertz CT molecular complexity index is 6450. The second-order valence-electron chi connectivity index (χ2n) is 42.5. The van der Waals surface area contributed by atoms with Crippen LogP contribution in [0.1, 0.15) is 209 Å². The Kier molecular flexibility index (Phi) is 17.2. The van der Waals surface area contributed by atoms with Crippen LogP contribution in [0.4, 0.5) is 68.2 Å². The van der Waals surface area contributed by atoms with Crippen molar-refractivity contribution in [2.75, 3.05) is 19.6 Å². The highest BCUT2D eigenvalue weighted by atomic mass is 16.3. The zero-order valence-electron chi connectivity index (χ0n) is 73.8. The quantitative estimate of drug-likeness (QED) is 0.142. The Hall–Kier alpha value is -11.2. The molecule has 0 bridgehead atoms. The first-order chi connectivity index (χ1) is 55.7. The number of furan rings is 1. The van der Waals surface area contributed by atoms with Crippen LogP contribution >= 0.6 is 0 Å². The van der Waals surface area contributed by atoms with Crippen LogP contribution in [-0.4, -0.2) is 18.0 Å². The van der Waals surface area contributed by atoms with Crippen LogP contribution in [-0.2, 0) is 49.7 Å². The molecule has 2 aromatic heterocycles. The molecule has 13 aromatic carbocycles. The predicted molar refractivity (Wildman–Crippen MR) is 510 cm³/mol. The van der Waals surface area contributed by atoms with Gasteiger partial charge in [-0.25, -0.2) is 0 Å². The van der Waals surface area contributed by atoms with Crippen molar-refractivity contribution in [3.63, 3.8) is 0 Å². The number of fused-ring (bicyclic) bond motifs is 15. The van der Waals surface area contributed by atoms with E-state index in [1.807, 2.05) is 0 Å². The zero-order chi connectivity index (χ0) is 82.9. The van der Waals surface area contributed by atoms with E-state index in [4.69, 9.17) is 4.42 Å². The van der Waals surface area contributed by atoms with Crippen molar-refractivity contribution in [1.29, 1.82) is 0 Å². The van der Waals surface area contributed by atoms with E-state index in [1.165, 1.54) is 144 Å². The number of anilines is 12. The summed E-state index contributed by atoms with van der Waals surface area (Å²) in [4.78, 5) is 10.4. The first-order valence-corrected chi connectivity index (χ1v) is 43.1. The lowest BCUT2D eigenvalue weighted by Crippen LogP contribution is -2.61. The highest BCUT2D eigenvalue weighted by Crippen LogP contribution is 2.53. The summed E-state index contributed by atoms with van der Waals surface area (Å²) in [6, 6.07) is 100. The summed E-state index contributed by atoms with van der Waals surface area (Å²) in [5.74, 6) is 0. The third-order valence-electron chi connectivity index (χ3n) is 26.6. The van der Waals surface area contributed by atoms with Crippen molar-refractivity contribution in [3.8, 4) is 5.69 Å². The van der Waals surface area contributed by atoms with Gasteiger partial charge in [-0.15, -0.1) is 0 Å². The highest BCUT2D eigenvalue weighted by Gasteiger charge is 2.49. The molecule has 8 heteroatoms. The minimum absolute atomic E-state index is 0.0283. The lowest BCUT2D eigenvalue weighted by molar-refractivity contribution is 0.525. The number of para-hydroxylation sites is 2. The molecule has 0 spiro atoms. The van der Waals surface area contributed by atoms with Crippen LogP contribution in [0, 0.1) is 0 Å². The standard InChI is InChI=1S/C110H113B2N5O/c1-103(2,3)68-35-47-76(48-36-68)113-89-55-43-72(107(13,14)15)59-84(89)111-85-60-73(108(16,17)18)44-56-90(85)114(77-49-37-69(38-50-77)104(4,5)6)95-64-80(63-94(113)99(95)111)116-88-32-26-24-31-82(88)98-67(29-28-33-93(98)116)66-110(22,23)75-46-58-91-87(62-75)112-86-61-74(109(19,20)21)45-57-92(86)117(79-53-41-71(42-54-79)106(10,11)12)101-100(112)96(65-83-81-30-25-27-34-97(81)118-102(83)101)115(91)78-51-39-70(40-52-78)105(7,8)9/h24-65H,66H2,1-23H3. The molecule has 0 unspecified atom stereocenters. The Morgan fingerprint density at radius 2 is 0.602 bits per heavy atom. The Morgan fingerprint density at radius 1 is 0.263 bits per heavy atom. The van der Waals surface area contributed by atoms with E-state index in [0.717, 1.165) is 62.5 Å². The van der Waals surface area contributed by atoms with Crippen LogP contribution in [0.2, 0.25) is 0 Å². The molecule has 6 nitrogen and oxygen atoms in total. The first-order valence-electron chi connectivity index (χ1n) is 43.1. The summed E-state index contributed by atoms with van der Waals surface area (Å²) >= 11 is 0. The fourth-order valence-corrected chi connectivity index (χ4v) is 19.8. The van der Waals surface area contributed by atoms with Gasteiger partial charge in [0.25, 0.3) is 13.4 Å². The first kappa shape index (κ1) is 76.7. The maximum Gasteiger partial charge on any atom is 0.252 e. The zero-order valence-corrected chi connectivity index (χ0v) is 73.8. The number of rotatable bonds is 8. The van der Waals surface area contributed by atoms with E-state index in [0.29, 0.717) is 0 Å². The van der Waals surface area contributed by atoms with Gasteiger partial charge in [-0.3, -0.25) is 0 Å². The van der Waals surface area contributed by atoms with Gasteiger partial charge in [-0.1, -0.05) is 305 Å². The monoisotopic (exact) mass is 1540 g/mol. The smallest absolute Gasteiger partial charge is 0.252 e. The number of nitrogens with zero attached hydrogens (tertiary/aromatic N) is 5. The molecule has 6 heterocycles. The summed E-state index contributed by atoms with van der Waals surface area (Å²) in [6.45, 7) is 53.8. The van der Waals surface area contributed by atoms with Gasteiger partial charge in [0.2, 0.25) is 0 Å². The van der Waals surface area contributed by atoms with Gasteiger partial charge in [-0.05, 0) is 242 Å². The van der Waals surface area contributed by atoms with Gasteiger partial charge in [-0.2, -0.15) is 0 Å². The van der Waals surface area contributed by atoms with Crippen molar-refractivity contribution < 1.29 is 4.42 Å². The maximum absolute atomic E-state index is 7.37. The van der Waals surface area contributed by atoms with Gasteiger partial charge in [0.05, 0.1) is 22.4 Å². The molecule has 0 fully saturated rings. The van der Waals surface area contributed by atoms with Gasteiger partial charge in [0.1, 0.15) is 5.58 Å². The lowest BCUT2D eigenvalue weighted by Gasteiger charge is -2.45. The minimum Gasteiger partial charge on any atom is -0.454 e. The van der Waals surface area contributed by atoms with Gasteiger partial charge in [0, 0.05) is 84.1 Å². The Morgan fingerprint density at radius 3 is 1.03 bits per heavy atom. The number of hydrogen-bond acceptors (Lipinski definition) is 5. The molecule has 590 valence electrons. The molecule has 118 heavy (non-hydrogen) atoms. The molecule has 0 radical (unpaired) electrons. The average Bonchev–Trinajstić information content (AvgIpc) is 1.06. The maximum atomic E-state index is 7.37.